The second kappa shape index (κ2) is 3.65. The SMILES string of the molecule is O=Cc1ccc([N+](=O)[O-])cc1C(=O)O. The Hall–Kier alpha value is -2.24. The molecule has 0 unspecified atom stereocenters. The third-order valence-electron chi connectivity index (χ3n) is 1.61. The Morgan fingerprint density at radius 2 is 2.14 bits per heavy atom. The van der Waals surface area contributed by atoms with Crippen molar-refractivity contribution in [2.75, 3.05) is 0 Å². The van der Waals surface area contributed by atoms with Gasteiger partial charge in [0.15, 0.2) is 6.29 Å². The number of nitrogens with zero attached hydrogens (tertiary/aromatic N) is 1. The Morgan fingerprint density at radius 1 is 1.50 bits per heavy atom. The van der Waals surface area contributed by atoms with E-state index in [1.165, 1.54) is 0 Å². The highest BCUT2D eigenvalue weighted by Crippen LogP contribution is 2.16. The van der Waals surface area contributed by atoms with Crippen LogP contribution in [0.5, 0.6) is 0 Å². The molecule has 0 fully saturated rings. The molecular formula is C8H5NO5. The van der Waals surface area contributed by atoms with Crippen molar-refractivity contribution < 1.29 is 19.6 Å². The third-order valence-corrected chi connectivity index (χ3v) is 1.61. The number of carboxylic acid groups (broad SMARTS) is 1. The van der Waals surface area contributed by atoms with E-state index in [2.05, 4.69) is 0 Å². The van der Waals surface area contributed by atoms with E-state index in [0.717, 1.165) is 18.2 Å². The minimum atomic E-state index is -1.36. The normalized spacial score (nSPS) is 9.43. The van der Waals surface area contributed by atoms with E-state index in [1.807, 2.05) is 0 Å². The van der Waals surface area contributed by atoms with Gasteiger partial charge in [-0.25, -0.2) is 4.79 Å². The molecule has 0 saturated heterocycles. The standard InChI is InChI=1S/C8H5NO5/c10-4-5-1-2-6(9(13)14)3-7(5)8(11)12/h1-4H,(H,11,12). The summed E-state index contributed by atoms with van der Waals surface area (Å²) in [5, 5.41) is 18.9. The average Bonchev–Trinajstić information content (AvgIpc) is 2.16. The van der Waals surface area contributed by atoms with Crippen molar-refractivity contribution in [1.29, 1.82) is 0 Å². The first-order valence-electron chi connectivity index (χ1n) is 3.53. The van der Waals surface area contributed by atoms with E-state index < -0.39 is 10.9 Å². The first kappa shape index (κ1) is 9.85. The maximum atomic E-state index is 10.6. The Kier molecular flexibility index (Phi) is 2.57. The second-order valence-electron chi connectivity index (χ2n) is 2.45. The lowest BCUT2D eigenvalue weighted by Gasteiger charge is -1.98. The molecule has 0 bridgehead atoms. The average molecular weight is 195 g/mol. The van der Waals surface area contributed by atoms with Crippen LogP contribution in [0, 0.1) is 10.1 Å². The number of carbonyl (C=O) groups excluding carboxylic acids is 1. The molecule has 6 heteroatoms. The van der Waals surface area contributed by atoms with Gasteiger partial charge in [-0.05, 0) is 6.07 Å². The van der Waals surface area contributed by atoms with Gasteiger partial charge in [0.2, 0.25) is 0 Å². The number of benzene rings is 1. The molecule has 0 aliphatic carbocycles. The third kappa shape index (κ3) is 1.74. The van der Waals surface area contributed by atoms with Crippen LogP contribution in [-0.4, -0.2) is 22.3 Å². The summed E-state index contributed by atoms with van der Waals surface area (Å²) in [5.41, 5.74) is -0.801. The molecule has 72 valence electrons. The maximum absolute atomic E-state index is 10.6. The topological polar surface area (TPSA) is 97.5 Å². The molecule has 0 aliphatic rings. The zero-order valence-electron chi connectivity index (χ0n) is 6.84. The van der Waals surface area contributed by atoms with Crippen molar-refractivity contribution in [2.45, 2.75) is 0 Å². The van der Waals surface area contributed by atoms with Crippen LogP contribution < -0.4 is 0 Å². The number of aldehydes is 1. The second-order valence-corrected chi connectivity index (χ2v) is 2.45. The summed E-state index contributed by atoms with van der Waals surface area (Å²) < 4.78 is 0. The van der Waals surface area contributed by atoms with Gasteiger partial charge < -0.3 is 5.11 Å². The molecule has 0 aliphatic heterocycles. The molecule has 0 aromatic heterocycles. The molecule has 0 heterocycles. The van der Waals surface area contributed by atoms with Gasteiger partial charge in [-0.1, -0.05) is 0 Å². The molecule has 0 atom stereocenters. The van der Waals surface area contributed by atoms with Crippen molar-refractivity contribution in [3.8, 4) is 0 Å². The van der Waals surface area contributed by atoms with Gasteiger partial charge in [0.25, 0.3) is 5.69 Å². The van der Waals surface area contributed by atoms with Crippen molar-refractivity contribution in [3.05, 3.63) is 39.4 Å². The number of aromatic carboxylic acids is 1. The summed E-state index contributed by atoms with van der Waals surface area (Å²) in [6.45, 7) is 0. The van der Waals surface area contributed by atoms with Crippen LogP contribution in [0.1, 0.15) is 20.7 Å². The molecule has 1 rings (SSSR count). The van der Waals surface area contributed by atoms with E-state index in [4.69, 9.17) is 5.11 Å². The Bertz CT molecular complexity index is 412. The fourth-order valence-corrected chi connectivity index (χ4v) is 0.946. The smallest absolute Gasteiger partial charge is 0.336 e. The number of hydrogen-bond donors (Lipinski definition) is 1. The van der Waals surface area contributed by atoms with Crippen molar-refractivity contribution in [2.24, 2.45) is 0 Å². The first-order valence-corrected chi connectivity index (χ1v) is 3.53. The first-order chi connectivity index (χ1) is 6.56. The number of non-ortho nitro benzene ring substituents is 1. The van der Waals surface area contributed by atoms with Gasteiger partial charge in [0.1, 0.15) is 0 Å². The zero-order chi connectivity index (χ0) is 10.7. The highest BCUT2D eigenvalue weighted by atomic mass is 16.6. The minimum absolute atomic E-state index is 0.0805. The van der Waals surface area contributed by atoms with Crippen molar-refractivity contribution in [1.82, 2.24) is 0 Å². The van der Waals surface area contributed by atoms with E-state index in [0.29, 0.717) is 6.29 Å². The number of carboxylic acids is 1. The number of carbonyl (C=O) groups is 2. The molecule has 0 radical (unpaired) electrons. The lowest BCUT2D eigenvalue weighted by Crippen LogP contribution is -2.02. The van der Waals surface area contributed by atoms with E-state index in [9.17, 15) is 19.7 Å². The lowest BCUT2D eigenvalue weighted by atomic mass is 10.1. The van der Waals surface area contributed by atoms with Gasteiger partial charge in [0, 0.05) is 17.7 Å². The maximum Gasteiger partial charge on any atom is 0.336 e. The van der Waals surface area contributed by atoms with Crippen LogP contribution in [0.25, 0.3) is 0 Å². The van der Waals surface area contributed by atoms with Crippen LogP contribution in [0.4, 0.5) is 5.69 Å². The number of nitro groups is 1. The number of hydrogen-bond acceptors (Lipinski definition) is 4. The highest BCUT2D eigenvalue weighted by molar-refractivity contribution is 5.97. The molecule has 0 saturated carbocycles. The van der Waals surface area contributed by atoms with Gasteiger partial charge in [-0.2, -0.15) is 0 Å². The zero-order valence-corrected chi connectivity index (χ0v) is 6.84. The van der Waals surface area contributed by atoms with Crippen LogP contribution in [0.2, 0.25) is 0 Å². The molecule has 6 nitrogen and oxygen atoms in total. The van der Waals surface area contributed by atoms with Crippen LogP contribution >= 0.6 is 0 Å². The quantitative estimate of drug-likeness (QED) is 0.442. The van der Waals surface area contributed by atoms with Crippen LogP contribution in [-0.2, 0) is 0 Å². The summed E-state index contributed by atoms with van der Waals surface area (Å²) >= 11 is 0. The summed E-state index contributed by atoms with van der Waals surface area (Å²) in [7, 11) is 0. The van der Waals surface area contributed by atoms with E-state index in [1.54, 1.807) is 0 Å². The summed E-state index contributed by atoms with van der Waals surface area (Å²) in [6, 6.07) is 3.04. The van der Waals surface area contributed by atoms with E-state index >= 15 is 0 Å². The molecule has 0 spiro atoms. The van der Waals surface area contributed by atoms with Gasteiger partial charge >= 0.3 is 5.97 Å². The Morgan fingerprint density at radius 3 is 2.57 bits per heavy atom. The summed E-state index contributed by atoms with van der Waals surface area (Å²) in [6.07, 6.45) is 0.340. The van der Waals surface area contributed by atoms with Gasteiger partial charge in [-0.15, -0.1) is 0 Å². The Labute approximate surface area is 77.9 Å². The molecule has 14 heavy (non-hydrogen) atoms. The highest BCUT2D eigenvalue weighted by Gasteiger charge is 2.14. The predicted octanol–water partition coefficient (Wildman–Crippen LogP) is 1.11. The largest absolute Gasteiger partial charge is 0.478 e. The van der Waals surface area contributed by atoms with Crippen molar-refractivity contribution in [3.63, 3.8) is 0 Å². The molecule has 0 amide bonds. The molecular weight excluding hydrogens is 190 g/mol. The fraction of sp³-hybridized carbons (Fsp3) is 0. The molecule has 1 aromatic rings. The van der Waals surface area contributed by atoms with Gasteiger partial charge in [-0.3, -0.25) is 14.9 Å². The molecule has 1 N–H and O–H groups in total. The Balaban J connectivity index is 3.34. The summed E-state index contributed by atoms with van der Waals surface area (Å²) in [4.78, 5) is 30.5. The molecule has 1 aromatic carbocycles. The predicted molar refractivity (Wildman–Crippen MR) is 45.4 cm³/mol. The summed E-state index contributed by atoms with van der Waals surface area (Å²) in [5.74, 6) is -1.36. The van der Waals surface area contributed by atoms with Crippen LogP contribution in [0.3, 0.4) is 0 Å². The fourth-order valence-electron chi connectivity index (χ4n) is 0.946. The minimum Gasteiger partial charge on any atom is -0.478 e. The van der Waals surface area contributed by atoms with Crippen molar-refractivity contribution >= 4 is 17.9 Å². The van der Waals surface area contributed by atoms with E-state index in [-0.39, 0.29) is 16.8 Å². The monoisotopic (exact) mass is 195 g/mol. The number of rotatable bonds is 3. The van der Waals surface area contributed by atoms with Crippen LogP contribution in [0.15, 0.2) is 18.2 Å². The number of nitro benzene ring substituents is 1. The lowest BCUT2D eigenvalue weighted by molar-refractivity contribution is -0.384. The van der Waals surface area contributed by atoms with Gasteiger partial charge in [0.05, 0.1) is 10.5 Å².